The van der Waals surface area contributed by atoms with Gasteiger partial charge < -0.3 is 19.5 Å². The molecule has 9 heteroatoms. The Balaban J connectivity index is 0. The molecule has 0 aliphatic carbocycles. The van der Waals surface area contributed by atoms with E-state index in [1.165, 1.54) is 0 Å². The van der Waals surface area contributed by atoms with Gasteiger partial charge in [-0.3, -0.25) is 15.4 Å². The van der Waals surface area contributed by atoms with Gasteiger partial charge in [0, 0.05) is 0 Å². The minimum Gasteiger partial charge on any atom is -0.470 e. The van der Waals surface area contributed by atoms with Crippen molar-refractivity contribution in [3.8, 4) is 0 Å². The first kappa shape index (κ1) is 18.7. The second-order valence-electron chi connectivity index (χ2n) is 2.58. The molecule has 0 aromatic carbocycles. The molecule has 0 bridgehead atoms. The van der Waals surface area contributed by atoms with E-state index in [0.717, 1.165) is 0 Å². The number of carbonyl (C=O) groups is 2. The monoisotopic (exact) mass is 270 g/mol. The van der Waals surface area contributed by atoms with Crippen LogP contribution in [0.2, 0.25) is 0 Å². The van der Waals surface area contributed by atoms with Crippen molar-refractivity contribution in [2.45, 2.75) is 20.0 Å². The van der Waals surface area contributed by atoms with Crippen LogP contribution in [0, 0.1) is 13.1 Å². The van der Waals surface area contributed by atoms with Crippen molar-refractivity contribution in [2.75, 3.05) is 13.2 Å². The van der Waals surface area contributed by atoms with Gasteiger partial charge in [0.05, 0.1) is 18.4 Å². The second kappa shape index (κ2) is 11.8. The average Bonchev–Trinajstić information content (AvgIpc) is 2.40. The molecule has 1 unspecified atom stereocenters. The van der Waals surface area contributed by atoms with Crippen LogP contribution in [-0.4, -0.2) is 42.4 Å². The predicted octanol–water partition coefficient (Wildman–Crippen LogP) is 0.0101. The van der Waals surface area contributed by atoms with Gasteiger partial charge in [0.15, 0.2) is 0 Å². The van der Waals surface area contributed by atoms with Gasteiger partial charge in [-0.1, -0.05) is 6.57 Å². The van der Waals surface area contributed by atoms with Crippen LogP contribution in [0.5, 0.6) is 0 Å². The molecule has 0 amide bonds. The number of hydrogen-bond acceptors (Lipinski definition) is 7. The summed E-state index contributed by atoms with van der Waals surface area (Å²) in [5, 5.41) is 10.4. The van der Waals surface area contributed by atoms with Gasteiger partial charge in [-0.15, -0.1) is 0 Å². The Kier molecular flexibility index (Phi) is 11.6. The van der Waals surface area contributed by atoms with Crippen molar-refractivity contribution in [1.82, 2.24) is 0 Å². The normalized spacial score (nSPS) is 10.9. The van der Waals surface area contributed by atoms with Crippen LogP contribution in [0.4, 0.5) is 0 Å². The largest absolute Gasteiger partial charge is 0.470 e. The van der Waals surface area contributed by atoms with Gasteiger partial charge in [-0.25, -0.2) is 11.4 Å². The molecule has 0 aromatic rings. The maximum atomic E-state index is 10.5. The first-order chi connectivity index (χ1) is 8.98. The molecule has 19 heavy (non-hydrogen) atoms. The van der Waals surface area contributed by atoms with Crippen molar-refractivity contribution >= 4 is 17.8 Å². The molecule has 3 N–H and O–H groups in total. The summed E-state index contributed by atoms with van der Waals surface area (Å²) in [7, 11) is 0. The van der Waals surface area contributed by atoms with E-state index in [-0.39, 0.29) is 13.2 Å². The van der Waals surface area contributed by atoms with E-state index in [1.54, 1.807) is 13.8 Å². The molecular weight excluding hydrogens is 256 g/mol. The summed E-state index contributed by atoms with van der Waals surface area (Å²) < 4.78 is 8.76. The van der Waals surface area contributed by atoms with E-state index in [4.69, 9.17) is 24.1 Å². The first-order valence-electron chi connectivity index (χ1n) is 5.03. The maximum absolute atomic E-state index is 10.5. The lowest BCUT2D eigenvalue weighted by atomic mass is 10.5. The highest BCUT2D eigenvalue weighted by Crippen LogP contribution is 1.85. The Morgan fingerprint density at radius 1 is 1.32 bits per heavy atom. The molecule has 0 aliphatic rings. The highest BCUT2D eigenvalue weighted by molar-refractivity contribution is 6.39. The highest BCUT2D eigenvalue weighted by Gasteiger charge is 2.17. The minimum atomic E-state index is -1.15. The van der Waals surface area contributed by atoms with E-state index < -0.39 is 23.9 Å². The molecule has 0 fully saturated rings. The molecule has 0 saturated carbocycles. The van der Waals surface area contributed by atoms with E-state index in [9.17, 15) is 9.59 Å². The number of amidine groups is 1. The number of hydrogen-bond donors (Lipinski definition) is 2. The molecule has 0 aromatic heterocycles. The van der Waals surface area contributed by atoms with Gasteiger partial charge >= 0.3 is 23.9 Å². The Hall–Kier alpha value is -2.65. The second-order valence-corrected chi connectivity index (χ2v) is 2.58. The third-order valence-electron chi connectivity index (χ3n) is 1.33. The molecule has 9 nitrogen and oxygen atoms in total. The summed E-state index contributed by atoms with van der Waals surface area (Å²) in [5.74, 6) is -2.21. The zero-order chi connectivity index (χ0) is 15.3. The molecule has 0 radical (unpaired) electrons. The molecule has 0 saturated heterocycles. The fraction of sp³-hybridized carbons (Fsp3) is 0.500. The molecule has 0 aliphatic heterocycles. The van der Waals surface area contributed by atoms with Crippen LogP contribution in [0.15, 0.2) is 5.16 Å². The van der Waals surface area contributed by atoms with Crippen molar-refractivity contribution in [2.24, 2.45) is 10.9 Å². The third kappa shape index (κ3) is 9.09. The Bertz CT molecular complexity index is 407. The van der Waals surface area contributed by atoms with E-state index in [2.05, 4.69) is 24.3 Å². The Labute approximate surface area is 110 Å². The molecule has 0 heterocycles. The van der Waals surface area contributed by atoms with Gasteiger partial charge in [-0.05, 0) is 13.8 Å². The topological polar surface area (TPSA) is 120 Å². The maximum Gasteiger partial charge on any atom is 0.406 e. The van der Waals surface area contributed by atoms with Crippen molar-refractivity contribution < 1.29 is 24.3 Å². The minimum absolute atomic E-state index is 0.160. The lowest BCUT2D eigenvalue weighted by Gasteiger charge is -1.97. The van der Waals surface area contributed by atoms with Crippen molar-refractivity contribution in [3.63, 3.8) is 0 Å². The van der Waals surface area contributed by atoms with Crippen LogP contribution in [0.3, 0.4) is 0 Å². The van der Waals surface area contributed by atoms with Crippen LogP contribution in [-0.2, 0) is 19.1 Å². The molecule has 0 spiro atoms. The van der Waals surface area contributed by atoms with E-state index in [0.29, 0.717) is 0 Å². The van der Waals surface area contributed by atoms with Crippen LogP contribution in [0.1, 0.15) is 13.8 Å². The van der Waals surface area contributed by atoms with Crippen molar-refractivity contribution in [1.29, 1.82) is 0 Å². The number of esters is 2. The Morgan fingerprint density at radius 2 is 1.84 bits per heavy atom. The molecular formula is C10H14N4O5. The number of nitrogens with zero attached hydrogens (tertiary/aromatic N) is 3. The lowest BCUT2D eigenvalue weighted by molar-refractivity contribution is -0.143. The molecule has 0 rings (SSSR count). The van der Waals surface area contributed by atoms with E-state index >= 15 is 0 Å². The number of rotatable bonds is 3. The third-order valence-corrected chi connectivity index (χ3v) is 1.33. The quantitative estimate of drug-likeness (QED) is 0.186. The summed E-state index contributed by atoms with van der Waals surface area (Å²) in [4.78, 5) is 26.3. The highest BCUT2D eigenvalue weighted by atomic mass is 16.5. The predicted molar refractivity (Wildman–Crippen MR) is 63.7 cm³/mol. The smallest absolute Gasteiger partial charge is 0.406 e. The fourth-order valence-electron chi connectivity index (χ4n) is 0.585. The SMILES string of the molecule is [C-]#[N+]/C(=N\O)C(=O)OCC.[C-]#[N+]C(N)C(=O)OCC. The van der Waals surface area contributed by atoms with Gasteiger partial charge in [0.25, 0.3) is 0 Å². The fourth-order valence-corrected chi connectivity index (χ4v) is 0.585. The van der Waals surface area contributed by atoms with Crippen LogP contribution in [0.25, 0.3) is 9.69 Å². The zero-order valence-corrected chi connectivity index (χ0v) is 10.5. The number of ether oxygens (including phenoxy) is 2. The number of carbonyl (C=O) groups excluding carboxylic acids is 2. The number of nitrogens with two attached hydrogens (primary N) is 1. The van der Waals surface area contributed by atoms with Gasteiger partial charge in [0.2, 0.25) is 0 Å². The average molecular weight is 270 g/mol. The summed E-state index contributed by atoms with van der Waals surface area (Å²) in [6.07, 6.45) is -1.15. The Morgan fingerprint density at radius 3 is 2.16 bits per heavy atom. The summed E-state index contributed by atoms with van der Waals surface area (Å²) in [6.45, 7) is 16.3. The summed E-state index contributed by atoms with van der Waals surface area (Å²) in [6, 6.07) is 0. The van der Waals surface area contributed by atoms with Crippen molar-refractivity contribution in [3.05, 3.63) is 22.8 Å². The summed E-state index contributed by atoms with van der Waals surface area (Å²) in [5.41, 5.74) is 4.97. The molecule has 104 valence electrons. The number of oxime groups is 1. The van der Waals surface area contributed by atoms with E-state index in [1.807, 2.05) is 0 Å². The lowest BCUT2D eigenvalue weighted by Crippen LogP contribution is -2.28. The zero-order valence-electron chi connectivity index (χ0n) is 10.5. The van der Waals surface area contributed by atoms with Gasteiger partial charge in [-0.2, -0.15) is 0 Å². The molecule has 1 atom stereocenters. The van der Waals surface area contributed by atoms with Gasteiger partial charge in [0.1, 0.15) is 0 Å². The standard InChI is InChI=1S/C5H6N2O3.C5H8N2O2/c1-3-10-5(8)4(6-2)7-9;1-3-9-5(8)4(6)7-2/h9H,3H2,1H3;4H,3,6H2,1H3/b7-4-;. The first-order valence-corrected chi connectivity index (χ1v) is 5.03. The van der Waals surface area contributed by atoms with Crippen LogP contribution < -0.4 is 5.73 Å². The van der Waals surface area contributed by atoms with Crippen LogP contribution >= 0.6 is 0 Å². The summed E-state index contributed by atoms with van der Waals surface area (Å²) >= 11 is 0.